The van der Waals surface area contributed by atoms with E-state index in [1.165, 1.54) is 9.80 Å². The Kier molecular flexibility index (Phi) is 1.90. The van der Waals surface area contributed by atoms with Crippen LogP contribution in [0.5, 0.6) is 0 Å². The van der Waals surface area contributed by atoms with Gasteiger partial charge in [0.25, 0.3) is 0 Å². The standard InChI is InChI=1S/C9H14N2O3/c1-10(2)8(12)7-6-3-5(6)4-11(7)9(13)14/h5-7H,3-4H2,1-2H3,(H,13,14). The average Bonchev–Trinajstić information content (AvgIpc) is 2.76. The summed E-state index contributed by atoms with van der Waals surface area (Å²) in [5, 5.41) is 8.91. The smallest absolute Gasteiger partial charge is 0.407 e. The number of piperidine rings is 1. The zero-order valence-corrected chi connectivity index (χ0v) is 8.30. The summed E-state index contributed by atoms with van der Waals surface area (Å²) < 4.78 is 0. The molecule has 0 spiro atoms. The second-order valence-corrected chi connectivity index (χ2v) is 4.27. The average molecular weight is 198 g/mol. The molecule has 0 radical (unpaired) electrons. The van der Waals surface area contributed by atoms with Crippen molar-refractivity contribution in [2.45, 2.75) is 12.5 Å². The molecule has 0 bridgehead atoms. The first kappa shape index (κ1) is 9.30. The van der Waals surface area contributed by atoms with Crippen molar-refractivity contribution < 1.29 is 14.7 Å². The minimum atomic E-state index is -0.975. The third kappa shape index (κ3) is 1.23. The van der Waals surface area contributed by atoms with Crippen LogP contribution in [0.4, 0.5) is 4.79 Å². The monoisotopic (exact) mass is 198 g/mol. The molecule has 1 aliphatic carbocycles. The highest BCUT2D eigenvalue weighted by molar-refractivity contribution is 5.86. The van der Waals surface area contributed by atoms with E-state index in [1.807, 2.05) is 0 Å². The fourth-order valence-electron chi connectivity index (χ4n) is 2.24. The van der Waals surface area contributed by atoms with Crippen molar-refractivity contribution in [1.29, 1.82) is 0 Å². The highest BCUT2D eigenvalue weighted by Crippen LogP contribution is 2.49. The molecule has 14 heavy (non-hydrogen) atoms. The van der Waals surface area contributed by atoms with Crippen molar-refractivity contribution in [1.82, 2.24) is 9.80 Å². The van der Waals surface area contributed by atoms with Crippen LogP contribution in [0.15, 0.2) is 0 Å². The number of nitrogens with zero attached hydrogens (tertiary/aromatic N) is 2. The van der Waals surface area contributed by atoms with Crippen molar-refractivity contribution in [3.63, 3.8) is 0 Å². The summed E-state index contributed by atoms with van der Waals surface area (Å²) in [7, 11) is 3.33. The fourth-order valence-corrected chi connectivity index (χ4v) is 2.24. The number of hydrogen-bond acceptors (Lipinski definition) is 2. The zero-order chi connectivity index (χ0) is 10.5. The van der Waals surface area contributed by atoms with Crippen LogP contribution in [0.2, 0.25) is 0 Å². The Labute approximate surface area is 82.3 Å². The predicted octanol–water partition coefficient (Wildman–Crippen LogP) is 0.0729. The lowest BCUT2D eigenvalue weighted by Gasteiger charge is -2.26. The van der Waals surface area contributed by atoms with E-state index in [9.17, 15) is 9.59 Å². The molecule has 1 heterocycles. The van der Waals surface area contributed by atoms with Gasteiger partial charge < -0.3 is 10.0 Å². The maximum atomic E-state index is 11.7. The number of hydrogen-bond donors (Lipinski definition) is 1. The van der Waals surface area contributed by atoms with Crippen LogP contribution in [-0.2, 0) is 4.79 Å². The zero-order valence-electron chi connectivity index (χ0n) is 8.30. The van der Waals surface area contributed by atoms with Crippen LogP contribution in [0, 0.1) is 11.8 Å². The molecule has 0 aromatic carbocycles. The number of rotatable bonds is 1. The minimum Gasteiger partial charge on any atom is -0.465 e. The Morgan fingerprint density at radius 3 is 2.57 bits per heavy atom. The van der Waals surface area contributed by atoms with Gasteiger partial charge in [0.2, 0.25) is 5.91 Å². The van der Waals surface area contributed by atoms with Gasteiger partial charge in [-0.1, -0.05) is 0 Å². The molecule has 3 atom stereocenters. The number of likely N-dealkylation sites (tertiary alicyclic amines) is 1. The Hall–Kier alpha value is -1.26. The molecule has 1 N–H and O–H groups in total. The summed E-state index contributed by atoms with van der Waals surface area (Å²) in [6, 6.07) is -0.424. The summed E-state index contributed by atoms with van der Waals surface area (Å²) in [5.74, 6) is 0.624. The Bertz CT molecular complexity index is 290. The fraction of sp³-hybridized carbons (Fsp3) is 0.778. The maximum Gasteiger partial charge on any atom is 0.407 e. The molecule has 0 aromatic rings. The Balaban J connectivity index is 2.14. The van der Waals surface area contributed by atoms with Crippen molar-refractivity contribution >= 4 is 12.0 Å². The lowest BCUT2D eigenvalue weighted by molar-refractivity contribution is -0.133. The number of fused-ring (bicyclic) bond motifs is 1. The lowest BCUT2D eigenvalue weighted by atomic mass is 10.1. The lowest BCUT2D eigenvalue weighted by Crippen LogP contribution is -2.47. The number of likely N-dealkylation sites (N-methyl/N-ethyl adjacent to an activating group) is 1. The van der Waals surface area contributed by atoms with E-state index >= 15 is 0 Å². The number of carbonyl (C=O) groups excluding carboxylic acids is 1. The molecule has 1 saturated heterocycles. The molecule has 2 aliphatic rings. The first-order valence-corrected chi connectivity index (χ1v) is 4.73. The number of amides is 2. The molecule has 78 valence electrons. The number of carboxylic acid groups (broad SMARTS) is 1. The van der Waals surface area contributed by atoms with Gasteiger partial charge in [-0.15, -0.1) is 0 Å². The van der Waals surface area contributed by atoms with E-state index in [0.717, 1.165) is 6.42 Å². The molecule has 2 fully saturated rings. The Morgan fingerprint density at radius 2 is 2.07 bits per heavy atom. The van der Waals surface area contributed by atoms with Gasteiger partial charge >= 0.3 is 6.09 Å². The summed E-state index contributed by atoms with van der Waals surface area (Å²) in [6.45, 7) is 0.532. The van der Waals surface area contributed by atoms with Crippen LogP contribution in [0.1, 0.15) is 6.42 Å². The predicted molar refractivity (Wildman–Crippen MR) is 48.8 cm³/mol. The van der Waals surface area contributed by atoms with Crippen molar-refractivity contribution in [2.75, 3.05) is 20.6 Å². The third-order valence-electron chi connectivity index (χ3n) is 3.09. The van der Waals surface area contributed by atoms with Crippen LogP contribution in [0.25, 0.3) is 0 Å². The normalized spacial score (nSPS) is 33.9. The first-order chi connectivity index (χ1) is 6.52. The summed E-state index contributed by atoms with van der Waals surface area (Å²) >= 11 is 0. The quantitative estimate of drug-likeness (QED) is 0.648. The van der Waals surface area contributed by atoms with Gasteiger partial charge in [0.15, 0.2) is 0 Å². The van der Waals surface area contributed by atoms with Gasteiger partial charge in [-0.3, -0.25) is 9.69 Å². The Morgan fingerprint density at radius 1 is 1.43 bits per heavy atom. The minimum absolute atomic E-state index is 0.0857. The van der Waals surface area contributed by atoms with Gasteiger partial charge in [-0.25, -0.2) is 4.79 Å². The van der Waals surface area contributed by atoms with Crippen LogP contribution < -0.4 is 0 Å². The highest BCUT2D eigenvalue weighted by Gasteiger charge is 2.57. The molecule has 0 aromatic heterocycles. The SMILES string of the molecule is CN(C)C(=O)C1C2CC2CN1C(=O)O. The summed E-state index contributed by atoms with van der Waals surface area (Å²) in [4.78, 5) is 25.3. The van der Waals surface area contributed by atoms with Crippen LogP contribution in [0.3, 0.4) is 0 Å². The molecule has 1 saturated carbocycles. The summed E-state index contributed by atoms with van der Waals surface area (Å²) in [5.41, 5.74) is 0. The topological polar surface area (TPSA) is 60.9 Å². The summed E-state index contributed by atoms with van der Waals surface area (Å²) in [6.07, 6.45) is 0.0333. The van der Waals surface area contributed by atoms with E-state index in [2.05, 4.69) is 0 Å². The molecule has 5 nitrogen and oxygen atoms in total. The largest absolute Gasteiger partial charge is 0.465 e. The maximum absolute atomic E-state index is 11.7. The van der Waals surface area contributed by atoms with Gasteiger partial charge in [-0.2, -0.15) is 0 Å². The van der Waals surface area contributed by atoms with Crippen LogP contribution >= 0.6 is 0 Å². The molecular formula is C9H14N2O3. The van der Waals surface area contributed by atoms with Crippen molar-refractivity contribution in [2.24, 2.45) is 11.8 Å². The van der Waals surface area contributed by atoms with E-state index in [1.54, 1.807) is 14.1 Å². The van der Waals surface area contributed by atoms with Gasteiger partial charge in [0.05, 0.1) is 0 Å². The van der Waals surface area contributed by atoms with Gasteiger partial charge in [-0.05, 0) is 18.3 Å². The second-order valence-electron chi connectivity index (χ2n) is 4.27. The molecular weight excluding hydrogens is 184 g/mol. The molecule has 2 amide bonds. The van der Waals surface area contributed by atoms with Gasteiger partial charge in [0.1, 0.15) is 6.04 Å². The van der Waals surface area contributed by atoms with Crippen molar-refractivity contribution in [3.8, 4) is 0 Å². The molecule has 1 aliphatic heterocycles. The second kappa shape index (κ2) is 2.87. The number of carbonyl (C=O) groups is 2. The van der Waals surface area contributed by atoms with Crippen LogP contribution in [-0.4, -0.2) is 53.6 Å². The molecule has 5 heteroatoms. The first-order valence-electron chi connectivity index (χ1n) is 4.73. The van der Waals surface area contributed by atoms with E-state index < -0.39 is 12.1 Å². The van der Waals surface area contributed by atoms with E-state index in [-0.39, 0.29) is 11.8 Å². The van der Waals surface area contributed by atoms with E-state index in [0.29, 0.717) is 12.5 Å². The molecule has 3 unspecified atom stereocenters. The highest BCUT2D eigenvalue weighted by atomic mass is 16.4. The van der Waals surface area contributed by atoms with E-state index in [4.69, 9.17) is 5.11 Å². The third-order valence-corrected chi connectivity index (χ3v) is 3.09. The van der Waals surface area contributed by atoms with Gasteiger partial charge in [0, 0.05) is 20.6 Å². The molecule has 2 rings (SSSR count). The van der Waals surface area contributed by atoms with Crippen molar-refractivity contribution in [3.05, 3.63) is 0 Å².